The Balaban J connectivity index is 2.74. The highest BCUT2D eigenvalue weighted by Gasteiger charge is 2.39. The number of hydrogen-bond acceptors (Lipinski definition) is 1. The van der Waals surface area contributed by atoms with Gasteiger partial charge in [-0.3, -0.25) is 4.79 Å². The Hall–Kier alpha value is -0.910. The number of benzene rings is 1. The fraction of sp³-hybridized carbons (Fsp3) is 0.300. The molecular formula is C10H5BrF4O. The summed E-state index contributed by atoms with van der Waals surface area (Å²) >= 11 is 2.93. The maximum Gasteiger partial charge on any atom is 0.419 e. The third-order valence-electron chi connectivity index (χ3n) is 2.50. The smallest absolute Gasteiger partial charge is 0.294 e. The Labute approximate surface area is 96.6 Å². The molecular weight excluding hydrogens is 292 g/mol. The number of fused-ring (bicyclic) bond motifs is 1. The van der Waals surface area contributed by atoms with Crippen LogP contribution in [0, 0.1) is 5.82 Å². The standard InChI is InChI=1S/C10H5BrF4O/c11-6-3-5(10(13,14)15)9(12)8-4(6)1-2-7(8)16/h3H,1-2H2. The molecule has 0 saturated heterocycles. The van der Waals surface area contributed by atoms with Crippen molar-refractivity contribution < 1.29 is 22.4 Å². The van der Waals surface area contributed by atoms with Gasteiger partial charge in [0.1, 0.15) is 5.82 Å². The highest BCUT2D eigenvalue weighted by Crippen LogP contribution is 2.39. The Bertz CT molecular complexity index is 479. The van der Waals surface area contributed by atoms with Gasteiger partial charge in [0.05, 0.1) is 11.1 Å². The molecule has 0 bridgehead atoms. The second kappa shape index (κ2) is 3.55. The van der Waals surface area contributed by atoms with Crippen LogP contribution < -0.4 is 0 Å². The van der Waals surface area contributed by atoms with Crippen molar-refractivity contribution in [3.05, 3.63) is 33.0 Å². The summed E-state index contributed by atoms with van der Waals surface area (Å²) in [6, 6.07) is 0.687. The minimum atomic E-state index is -4.79. The van der Waals surface area contributed by atoms with Gasteiger partial charge in [-0.1, -0.05) is 15.9 Å². The van der Waals surface area contributed by atoms with Gasteiger partial charge in [0.15, 0.2) is 5.78 Å². The number of carbonyl (C=O) groups excluding carboxylic acids is 1. The van der Waals surface area contributed by atoms with E-state index < -0.39 is 28.9 Å². The summed E-state index contributed by atoms with van der Waals surface area (Å²) in [5.74, 6) is -2.02. The van der Waals surface area contributed by atoms with Crippen LogP contribution in [-0.4, -0.2) is 5.78 Å². The van der Waals surface area contributed by atoms with Crippen LogP contribution in [0.2, 0.25) is 0 Å². The molecule has 0 fully saturated rings. The number of alkyl halides is 3. The summed E-state index contributed by atoms with van der Waals surface area (Å²) in [5, 5.41) is 0. The number of carbonyl (C=O) groups is 1. The van der Waals surface area contributed by atoms with Crippen LogP contribution in [0.4, 0.5) is 17.6 Å². The molecule has 0 atom stereocenters. The molecule has 0 amide bonds. The molecule has 0 heterocycles. The largest absolute Gasteiger partial charge is 0.419 e. The van der Waals surface area contributed by atoms with E-state index >= 15 is 0 Å². The Morgan fingerprint density at radius 3 is 2.44 bits per heavy atom. The summed E-state index contributed by atoms with van der Waals surface area (Å²) in [5.41, 5.74) is -1.48. The second-order valence-electron chi connectivity index (χ2n) is 3.49. The van der Waals surface area contributed by atoms with Crippen LogP contribution >= 0.6 is 15.9 Å². The van der Waals surface area contributed by atoms with Gasteiger partial charge in [-0.05, 0) is 18.1 Å². The lowest BCUT2D eigenvalue weighted by molar-refractivity contribution is -0.140. The molecule has 0 radical (unpaired) electrons. The third-order valence-corrected chi connectivity index (χ3v) is 3.21. The maximum atomic E-state index is 13.5. The summed E-state index contributed by atoms with van der Waals surface area (Å²) in [7, 11) is 0. The van der Waals surface area contributed by atoms with Gasteiger partial charge < -0.3 is 0 Å². The number of Topliss-reactive ketones (excluding diaryl/α,β-unsaturated/α-hetero) is 1. The minimum absolute atomic E-state index is 0.0617. The van der Waals surface area contributed by atoms with Gasteiger partial charge in [0, 0.05) is 10.9 Å². The average molecular weight is 297 g/mol. The van der Waals surface area contributed by atoms with Crippen LogP contribution in [0.5, 0.6) is 0 Å². The predicted molar refractivity (Wildman–Crippen MR) is 51.8 cm³/mol. The SMILES string of the molecule is O=C1CCc2c(Br)cc(C(F)(F)F)c(F)c21. The summed E-state index contributed by atoms with van der Waals surface area (Å²) < 4.78 is 51.0. The summed E-state index contributed by atoms with van der Waals surface area (Å²) in [4.78, 5) is 11.3. The van der Waals surface area contributed by atoms with Crippen molar-refractivity contribution in [2.24, 2.45) is 0 Å². The maximum absolute atomic E-state index is 13.5. The molecule has 1 nitrogen and oxygen atoms in total. The van der Waals surface area contributed by atoms with Crippen molar-refractivity contribution in [2.45, 2.75) is 19.0 Å². The first-order valence-electron chi connectivity index (χ1n) is 4.43. The molecule has 0 aromatic heterocycles. The number of rotatable bonds is 0. The highest BCUT2D eigenvalue weighted by molar-refractivity contribution is 9.10. The zero-order chi connectivity index (χ0) is 12.1. The lowest BCUT2D eigenvalue weighted by Gasteiger charge is -2.12. The molecule has 0 N–H and O–H groups in total. The molecule has 16 heavy (non-hydrogen) atoms. The number of halogens is 5. The lowest BCUT2D eigenvalue weighted by atomic mass is 10.0. The molecule has 1 aromatic rings. The molecule has 0 aliphatic heterocycles. The van der Waals surface area contributed by atoms with Gasteiger partial charge >= 0.3 is 6.18 Å². The molecule has 0 spiro atoms. The van der Waals surface area contributed by atoms with Crippen molar-refractivity contribution in [1.82, 2.24) is 0 Å². The van der Waals surface area contributed by atoms with E-state index in [2.05, 4.69) is 15.9 Å². The van der Waals surface area contributed by atoms with Crippen molar-refractivity contribution in [1.29, 1.82) is 0 Å². The van der Waals surface area contributed by atoms with Gasteiger partial charge in [-0.25, -0.2) is 4.39 Å². The fourth-order valence-electron chi connectivity index (χ4n) is 1.77. The predicted octanol–water partition coefficient (Wildman–Crippen LogP) is 3.74. The summed E-state index contributed by atoms with van der Waals surface area (Å²) in [6.07, 6.45) is -4.44. The van der Waals surface area contributed by atoms with E-state index in [1.165, 1.54) is 0 Å². The Morgan fingerprint density at radius 1 is 1.25 bits per heavy atom. The van der Waals surface area contributed by atoms with E-state index in [0.717, 1.165) is 0 Å². The minimum Gasteiger partial charge on any atom is -0.294 e. The van der Waals surface area contributed by atoms with Crippen LogP contribution in [0.25, 0.3) is 0 Å². The normalized spacial score (nSPS) is 15.4. The monoisotopic (exact) mass is 296 g/mol. The average Bonchev–Trinajstić information content (AvgIpc) is 2.53. The first-order valence-corrected chi connectivity index (χ1v) is 5.23. The highest BCUT2D eigenvalue weighted by atomic mass is 79.9. The molecule has 0 saturated carbocycles. The molecule has 86 valence electrons. The van der Waals surface area contributed by atoms with Crippen molar-refractivity contribution in [3.8, 4) is 0 Å². The first-order chi connectivity index (χ1) is 7.32. The third kappa shape index (κ3) is 1.65. The number of ketones is 1. The van der Waals surface area contributed by atoms with Crippen LogP contribution in [-0.2, 0) is 12.6 Å². The van der Waals surface area contributed by atoms with Crippen molar-refractivity contribution in [3.63, 3.8) is 0 Å². The van der Waals surface area contributed by atoms with Crippen LogP contribution in [0.3, 0.4) is 0 Å². The van der Waals surface area contributed by atoms with E-state index in [4.69, 9.17) is 0 Å². The van der Waals surface area contributed by atoms with Gasteiger partial charge in [0.2, 0.25) is 0 Å². The molecule has 6 heteroatoms. The fourth-order valence-corrected chi connectivity index (χ4v) is 2.39. The topological polar surface area (TPSA) is 17.1 Å². The first kappa shape index (κ1) is 11.6. The second-order valence-corrected chi connectivity index (χ2v) is 4.35. The molecule has 1 aromatic carbocycles. The zero-order valence-corrected chi connectivity index (χ0v) is 9.38. The van der Waals surface area contributed by atoms with E-state index in [0.29, 0.717) is 11.6 Å². The molecule has 0 unspecified atom stereocenters. The van der Waals surface area contributed by atoms with Crippen molar-refractivity contribution in [2.75, 3.05) is 0 Å². The van der Waals surface area contributed by atoms with E-state index in [9.17, 15) is 22.4 Å². The van der Waals surface area contributed by atoms with E-state index in [1.54, 1.807) is 0 Å². The molecule has 1 aliphatic carbocycles. The zero-order valence-electron chi connectivity index (χ0n) is 7.79. The Morgan fingerprint density at radius 2 is 1.88 bits per heavy atom. The molecule has 1 aliphatic rings. The van der Waals surface area contributed by atoms with E-state index in [1.807, 2.05) is 0 Å². The van der Waals surface area contributed by atoms with E-state index in [-0.39, 0.29) is 17.3 Å². The number of hydrogen-bond donors (Lipinski definition) is 0. The lowest BCUT2D eigenvalue weighted by Crippen LogP contribution is -2.12. The van der Waals surface area contributed by atoms with Crippen LogP contribution in [0.15, 0.2) is 10.5 Å². The van der Waals surface area contributed by atoms with Gasteiger partial charge in [0.25, 0.3) is 0 Å². The summed E-state index contributed by atoms with van der Waals surface area (Å²) in [6.45, 7) is 0. The Kier molecular flexibility index (Phi) is 2.57. The van der Waals surface area contributed by atoms with Gasteiger partial charge in [-0.15, -0.1) is 0 Å². The molecule has 2 rings (SSSR count). The van der Waals surface area contributed by atoms with Crippen LogP contribution in [0.1, 0.15) is 27.9 Å². The van der Waals surface area contributed by atoms with Crippen molar-refractivity contribution >= 4 is 21.7 Å². The quantitative estimate of drug-likeness (QED) is 0.667. The van der Waals surface area contributed by atoms with Gasteiger partial charge in [-0.2, -0.15) is 13.2 Å².